The highest BCUT2D eigenvalue weighted by Gasteiger charge is 2.23. The molecule has 0 aliphatic carbocycles. The summed E-state index contributed by atoms with van der Waals surface area (Å²) in [5, 5.41) is 7.00. The van der Waals surface area contributed by atoms with E-state index in [1.165, 1.54) is 7.11 Å². The average Bonchev–Trinajstić information content (AvgIpc) is 3.29. The molecule has 0 atom stereocenters. The molecule has 0 radical (unpaired) electrons. The number of nitrogens with zero attached hydrogens (tertiary/aromatic N) is 2. The van der Waals surface area contributed by atoms with Gasteiger partial charge in [-0.2, -0.15) is 5.10 Å². The molecule has 2 N–H and O–H groups in total. The number of anilines is 1. The summed E-state index contributed by atoms with van der Waals surface area (Å²) in [7, 11) is 1.33. The molecule has 2 aromatic heterocycles. The van der Waals surface area contributed by atoms with Crippen LogP contribution in [0.15, 0.2) is 42.7 Å². The summed E-state index contributed by atoms with van der Waals surface area (Å²) in [5.74, 6) is -0.752. The van der Waals surface area contributed by atoms with Crippen LogP contribution in [0.5, 0.6) is 0 Å². The van der Waals surface area contributed by atoms with E-state index in [4.69, 9.17) is 4.74 Å². The highest BCUT2D eigenvalue weighted by Crippen LogP contribution is 2.21. The van der Waals surface area contributed by atoms with Crippen molar-refractivity contribution >= 4 is 17.6 Å². The fourth-order valence-corrected chi connectivity index (χ4v) is 2.84. The van der Waals surface area contributed by atoms with Gasteiger partial charge in [0, 0.05) is 23.8 Å². The van der Waals surface area contributed by atoms with Crippen molar-refractivity contribution in [1.82, 2.24) is 14.8 Å². The number of esters is 1. The first-order valence-electron chi connectivity index (χ1n) is 8.26. The van der Waals surface area contributed by atoms with Gasteiger partial charge >= 0.3 is 5.97 Å². The first-order chi connectivity index (χ1) is 12.5. The van der Waals surface area contributed by atoms with Gasteiger partial charge in [-0.3, -0.25) is 4.79 Å². The van der Waals surface area contributed by atoms with Gasteiger partial charge in [-0.25, -0.2) is 9.48 Å². The number of amides is 1. The number of hydrogen-bond acceptors (Lipinski definition) is 4. The van der Waals surface area contributed by atoms with Gasteiger partial charge in [0.05, 0.1) is 18.4 Å². The Morgan fingerprint density at radius 3 is 2.58 bits per heavy atom. The van der Waals surface area contributed by atoms with Crippen molar-refractivity contribution in [2.45, 2.75) is 20.3 Å². The molecule has 1 aromatic carbocycles. The van der Waals surface area contributed by atoms with Crippen molar-refractivity contribution in [3.05, 3.63) is 65.2 Å². The second kappa shape index (κ2) is 7.26. The first-order valence-corrected chi connectivity index (χ1v) is 8.26. The van der Waals surface area contributed by atoms with Crippen LogP contribution in [0.2, 0.25) is 0 Å². The number of H-pyrrole nitrogens is 1. The van der Waals surface area contributed by atoms with Crippen LogP contribution in [0, 0.1) is 6.92 Å². The molecule has 3 rings (SSSR count). The van der Waals surface area contributed by atoms with Gasteiger partial charge in [-0.15, -0.1) is 0 Å². The monoisotopic (exact) mass is 352 g/mol. The third-order valence-corrected chi connectivity index (χ3v) is 4.19. The zero-order chi connectivity index (χ0) is 18.7. The number of aryl methyl sites for hydroxylation is 1. The maximum Gasteiger partial charge on any atom is 0.339 e. The lowest BCUT2D eigenvalue weighted by Crippen LogP contribution is -2.14. The molecule has 0 spiro atoms. The topological polar surface area (TPSA) is 89.0 Å². The largest absolute Gasteiger partial charge is 0.465 e. The number of benzene rings is 1. The molecule has 0 aliphatic heterocycles. The van der Waals surface area contributed by atoms with Crippen molar-refractivity contribution < 1.29 is 14.3 Å². The molecular weight excluding hydrogens is 332 g/mol. The van der Waals surface area contributed by atoms with E-state index in [9.17, 15) is 9.59 Å². The second-order valence-corrected chi connectivity index (χ2v) is 5.78. The van der Waals surface area contributed by atoms with E-state index in [1.807, 2.05) is 31.3 Å². The number of ether oxygens (including phenoxy) is 1. The molecule has 0 unspecified atom stereocenters. The van der Waals surface area contributed by atoms with Gasteiger partial charge in [0.25, 0.3) is 5.91 Å². The van der Waals surface area contributed by atoms with Crippen LogP contribution >= 0.6 is 0 Å². The van der Waals surface area contributed by atoms with Crippen LogP contribution in [0.4, 0.5) is 5.69 Å². The van der Waals surface area contributed by atoms with Crippen LogP contribution in [0.25, 0.3) is 5.69 Å². The predicted octanol–water partition coefficient (Wildman–Crippen LogP) is 3.11. The fourth-order valence-electron chi connectivity index (χ4n) is 2.84. The van der Waals surface area contributed by atoms with E-state index in [0.29, 0.717) is 34.6 Å². The highest BCUT2D eigenvalue weighted by molar-refractivity contribution is 6.06. The van der Waals surface area contributed by atoms with Crippen LogP contribution < -0.4 is 5.32 Å². The second-order valence-electron chi connectivity index (χ2n) is 5.78. The molecule has 3 aromatic rings. The van der Waals surface area contributed by atoms with Gasteiger partial charge in [0.1, 0.15) is 5.69 Å². The molecule has 7 nitrogen and oxygen atoms in total. The van der Waals surface area contributed by atoms with Gasteiger partial charge < -0.3 is 15.0 Å². The normalized spacial score (nSPS) is 10.6. The third-order valence-electron chi connectivity index (χ3n) is 4.19. The Morgan fingerprint density at radius 2 is 2.00 bits per heavy atom. The Morgan fingerprint density at radius 1 is 1.27 bits per heavy atom. The van der Waals surface area contributed by atoms with Crippen LogP contribution in [-0.2, 0) is 11.2 Å². The Kier molecular flexibility index (Phi) is 4.88. The molecule has 7 heteroatoms. The van der Waals surface area contributed by atoms with Gasteiger partial charge in [-0.1, -0.05) is 6.92 Å². The zero-order valence-electron chi connectivity index (χ0n) is 14.9. The minimum atomic E-state index is -0.446. The van der Waals surface area contributed by atoms with E-state index in [2.05, 4.69) is 15.4 Å². The first kappa shape index (κ1) is 17.5. The molecule has 2 heterocycles. The summed E-state index contributed by atoms with van der Waals surface area (Å²) in [6, 6.07) is 9.17. The molecule has 0 saturated heterocycles. The Labute approximate surface area is 151 Å². The zero-order valence-corrected chi connectivity index (χ0v) is 14.9. The van der Waals surface area contributed by atoms with Crippen LogP contribution in [-0.4, -0.2) is 33.8 Å². The number of rotatable bonds is 5. The third kappa shape index (κ3) is 3.23. The van der Waals surface area contributed by atoms with Crippen LogP contribution in [0.1, 0.15) is 39.0 Å². The molecule has 0 saturated carbocycles. The summed E-state index contributed by atoms with van der Waals surface area (Å²) < 4.78 is 6.55. The van der Waals surface area contributed by atoms with E-state index < -0.39 is 5.97 Å². The van der Waals surface area contributed by atoms with Crippen LogP contribution in [0.3, 0.4) is 0 Å². The highest BCUT2D eigenvalue weighted by atomic mass is 16.5. The van der Waals surface area contributed by atoms with Crippen molar-refractivity contribution in [3.63, 3.8) is 0 Å². The lowest BCUT2D eigenvalue weighted by molar-refractivity contribution is 0.0599. The molecule has 26 heavy (non-hydrogen) atoms. The van der Waals surface area contributed by atoms with E-state index in [-0.39, 0.29) is 5.91 Å². The Bertz CT molecular complexity index is 925. The van der Waals surface area contributed by atoms with Crippen molar-refractivity contribution in [1.29, 1.82) is 0 Å². The minimum absolute atomic E-state index is 0.306. The lowest BCUT2D eigenvalue weighted by atomic mass is 10.1. The van der Waals surface area contributed by atoms with Crippen molar-refractivity contribution in [2.24, 2.45) is 0 Å². The SMILES string of the molecule is CCc1[nH]c(C(=O)Nc2ccc(-n3cccn3)cc2)c(C)c1C(=O)OC. The molecular formula is C19H20N4O3. The maximum absolute atomic E-state index is 12.6. The standard InChI is InChI=1S/C19H20N4O3/c1-4-15-16(19(25)26-3)12(2)17(22-15)18(24)21-13-6-8-14(9-7-13)23-11-5-10-20-23/h5-11,22H,4H2,1-3H3,(H,21,24). The smallest absolute Gasteiger partial charge is 0.339 e. The van der Waals surface area contributed by atoms with Crippen molar-refractivity contribution in [3.8, 4) is 5.69 Å². The quantitative estimate of drug-likeness (QED) is 0.691. The average molecular weight is 352 g/mol. The summed E-state index contributed by atoms with van der Waals surface area (Å²) in [5.41, 5.74) is 3.60. The number of aromatic amines is 1. The molecule has 0 bridgehead atoms. The Balaban J connectivity index is 1.82. The van der Waals surface area contributed by atoms with Gasteiger partial charge in [0.2, 0.25) is 0 Å². The van der Waals surface area contributed by atoms with Gasteiger partial charge in [0.15, 0.2) is 0 Å². The number of methoxy groups -OCH3 is 1. The van der Waals surface area contributed by atoms with E-state index in [1.54, 1.807) is 29.9 Å². The fraction of sp³-hybridized carbons (Fsp3) is 0.211. The van der Waals surface area contributed by atoms with E-state index in [0.717, 1.165) is 5.69 Å². The number of carbonyl (C=O) groups excluding carboxylic acids is 2. The van der Waals surface area contributed by atoms with Gasteiger partial charge in [-0.05, 0) is 49.2 Å². The van der Waals surface area contributed by atoms with E-state index >= 15 is 0 Å². The summed E-state index contributed by atoms with van der Waals surface area (Å²) >= 11 is 0. The molecule has 134 valence electrons. The summed E-state index contributed by atoms with van der Waals surface area (Å²) in [4.78, 5) is 27.6. The summed E-state index contributed by atoms with van der Waals surface area (Å²) in [6.07, 6.45) is 4.14. The predicted molar refractivity (Wildman–Crippen MR) is 97.8 cm³/mol. The van der Waals surface area contributed by atoms with Crippen molar-refractivity contribution in [2.75, 3.05) is 12.4 Å². The number of hydrogen-bond donors (Lipinski definition) is 2. The maximum atomic E-state index is 12.6. The summed E-state index contributed by atoms with van der Waals surface area (Å²) in [6.45, 7) is 3.64. The Hall–Kier alpha value is -3.35. The minimum Gasteiger partial charge on any atom is -0.465 e. The number of nitrogens with one attached hydrogen (secondary N) is 2. The lowest BCUT2D eigenvalue weighted by Gasteiger charge is -2.07. The number of carbonyl (C=O) groups is 2. The number of aromatic nitrogens is 3. The molecule has 1 amide bonds. The molecule has 0 aliphatic rings. The molecule has 0 fully saturated rings.